The van der Waals surface area contributed by atoms with E-state index in [4.69, 9.17) is 0 Å². The number of nitrogens with zero attached hydrogens (tertiary/aromatic N) is 1. The second-order valence-electron chi connectivity index (χ2n) is 3.67. The molecule has 0 aliphatic heterocycles. The van der Waals surface area contributed by atoms with Gasteiger partial charge in [-0.1, -0.05) is 12.2 Å². The van der Waals surface area contributed by atoms with E-state index in [9.17, 15) is 14.7 Å². The summed E-state index contributed by atoms with van der Waals surface area (Å²) in [6, 6.07) is -0.0759. The van der Waals surface area contributed by atoms with Crippen LogP contribution in [0.3, 0.4) is 0 Å². The third-order valence-corrected chi connectivity index (χ3v) is 2.69. The molecule has 0 fully saturated rings. The SMILES string of the molecule is Cc1c(O)n(C2CC=CC2)c(=O)[nH]c1=O. The van der Waals surface area contributed by atoms with Crippen LogP contribution >= 0.6 is 0 Å². The first-order valence-electron chi connectivity index (χ1n) is 4.80. The molecule has 0 bridgehead atoms. The average molecular weight is 208 g/mol. The summed E-state index contributed by atoms with van der Waals surface area (Å²) >= 11 is 0. The van der Waals surface area contributed by atoms with Gasteiger partial charge in [-0.15, -0.1) is 0 Å². The van der Waals surface area contributed by atoms with E-state index in [0.717, 1.165) is 0 Å². The minimum atomic E-state index is -0.545. The maximum atomic E-state index is 11.5. The van der Waals surface area contributed by atoms with Gasteiger partial charge in [0.1, 0.15) is 0 Å². The second kappa shape index (κ2) is 3.42. The van der Waals surface area contributed by atoms with Gasteiger partial charge in [-0.25, -0.2) is 4.79 Å². The molecule has 1 aliphatic rings. The molecule has 0 radical (unpaired) electrons. The summed E-state index contributed by atoms with van der Waals surface area (Å²) in [6.07, 6.45) is 5.33. The summed E-state index contributed by atoms with van der Waals surface area (Å²) in [5.74, 6) is -0.225. The van der Waals surface area contributed by atoms with Crippen molar-refractivity contribution in [2.45, 2.75) is 25.8 Å². The molecule has 0 saturated carbocycles. The minimum Gasteiger partial charge on any atom is -0.494 e. The van der Waals surface area contributed by atoms with Gasteiger partial charge in [0.15, 0.2) is 0 Å². The van der Waals surface area contributed by atoms with Crippen LogP contribution in [0.4, 0.5) is 0 Å². The van der Waals surface area contributed by atoms with Crippen molar-refractivity contribution in [2.24, 2.45) is 0 Å². The number of H-pyrrole nitrogens is 1. The molecule has 5 nitrogen and oxygen atoms in total. The van der Waals surface area contributed by atoms with E-state index >= 15 is 0 Å². The lowest BCUT2D eigenvalue weighted by molar-refractivity contribution is 0.363. The van der Waals surface area contributed by atoms with Crippen molar-refractivity contribution in [1.29, 1.82) is 0 Å². The van der Waals surface area contributed by atoms with Gasteiger partial charge in [0, 0.05) is 6.04 Å². The van der Waals surface area contributed by atoms with Gasteiger partial charge in [0.2, 0.25) is 5.88 Å². The van der Waals surface area contributed by atoms with Crippen LogP contribution < -0.4 is 11.2 Å². The molecule has 5 heteroatoms. The lowest BCUT2D eigenvalue weighted by atomic mass is 10.2. The highest BCUT2D eigenvalue weighted by atomic mass is 16.3. The van der Waals surface area contributed by atoms with Crippen molar-refractivity contribution >= 4 is 0 Å². The predicted molar refractivity (Wildman–Crippen MR) is 55.1 cm³/mol. The van der Waals surface area contributed by atoms with Crippen LogP contribution in [0.1, 0.15) is 24.4 Å². The molecule has 0 spiro atoms. The Balaban J connectivity index is 2.61. The molecule has 0 aromatic carbocycles. The Kier molecular flexibility index (Phi) is 2.22. The quantitative estimate of drug-likeness (QED) is 0.657. The van der Waals surface area contributed by atoms with E-state index in [1.807, 2.05) is 12.2 Å². The standard InChI is InChI=1S/C10H12N2O3/c1-6-8(13)11-10(15)12(9(6)14)7-4-2-3-5-7/h2-3,7,14H,4-5H2,1H3,(H,11,13,15). The Morgan fingerprint density at radius 3 is 2.60 bits per heavy atom. The maximum absolute atomic E-state index is 11.5. The number of hydrogen-bond donors (Lipinski definition) is 2. The maximum Gasteiger partial charge on any atom is 0.331 e. The van der Waals surface area contributed by atoms with Crippen molar-refractivity contribution in [3.05, 3.63) is 38.6 Å². The number of aromatic hydroxyl groups is 1. The summed E-state index contributed by atoms with van der Waals surface area (Å²) in [4.78, 5) is 24.9. The number of allylic oxidation sites excluding steroid dienone is 2. The largest absolute Gasteiger partial charge is 0.494 e. The van der Waals surface area contributed by atoms with Crippen molar-refractivity contribution in [3.63, 3.8) is 0 Å². The lowest BCUT2D eigenvalue weighted by Gasteiger charge is -2.15. The van der Waals surface area contributed by atoms with Gasteiger partial charge in [-0.05, 0) is 19.8 Å². The summed E-state index contributed by atoms with van der Waals surface area (Å²) in [5, 5.41) is 9.73. The highest BCUT2D eigenvalue weighted by Crippen LogP contribution is 2.25. The monoisotopic (exact) mass is 208 g/mol. The van der Waals surface area contributed by atoms with Crippen LogP contribution in [-0.2, 0) is 0 Å². The molecule has 2 N–H and O–H groups in total. The third kappa shape index (κ3) is 1.49. The summed E-state index contributed by atoms with van der Waals surface area (Å²) in [7, 11) is 0. The Morgan fingerprint density at radius 1 is 1.40 bits per heavy atom. The molecule has 1 aromatic heterocycles. The molecule has 80 valence electrons. The van der Waals surface area contributed by atoms with Crippen LogP contribution in [-0.4, -0.2) is 14.7 Å². The highest BCUT2D eigenvalue weighted by Gasteiger charge is 2.19. The predicted octanol–water partition coefficient (Wildman–Crippen LogP) is 0.442. The number of aromatic nitrogens is 2. The summed E-state index contributed by atoms with van der Waals surface area (Å²) in [5.41, 5.74) is -0.891. The zero-order valence-electron chi connectivity index (χ0n) is 8.36. The van der Waals surface area contributed by atoms with Crippen molar-refractivity contribution in [3.8, 4) is 5.88 Å². The first kappa shape index (κ1) is 9.76. The van der Waals surface area contributed by atoms with Crippen LogP contribution in [0.25, 0.3) is 0 Å². The van der Waals surface area contributed by atoms with Crippen LogP contribution in [0.5, 0.6) is 5.88 Å². The topological polar surface area (TPSA) is 75.1 Å². The molecule has 15 heavy (non-hydrogen) atoms. The van der Waals surface area contributed by atoms with Crippen molar-refractivity contribution < 1.29 is 5.11 Å². The molecule has 0 amide bonds. The molecular weight excluding hydrogens is 196 g/mol. The molecule has 0 saturated heterocycles. The number of rotatable bonds is 1. The Labute approximate surface area is 85.7 Å². The number of aromatic amines is 1. The van der Waals surface area contributed by atoms with E-state index in [1.54, 1.807) is 0 Å². The van der Waals surface area contributed by atoms with E-state index in [2.05, 4.69) is 4.98 Å². The zero-order valence-corrected chi connectivity index (χ0v) is 8.36. The third-order valence-electron chi connectivity index (χ3n) is 2.69. The average Bonchev–Trinajstić information content (AvgIpc) is 2.68. The molecule has 0 atom stereocenters. The Bertz CT molecular complexity index is 516. The fourth-order valence-electron chi connectivity index (χ4n) is 1.78. The van der Waals surface area contributed by atoms with Gasteiger partial charge >= 0.3 is 5.69 Å². The van der Waals surface area contributed by atoms with Gasteiger partial charge in [0.05, 0.1) is 5.56 Å². The molecule has 1 heterocycles. The van der Waals surface area contributed by atoms with Crippen molar-refractivity contribution in [1.82, 2.24) is 9.55 Å². The van der Waals surface area contributed by atoms with Gasteiger partial charge in [-0.2, -0.15) is 0 Å². The second-order valence-corrected chi connectivity index (χ2v) is 3.67. The normalized spacial score (nSPS) is 16.1. The van der Waals surface area contributed by atoms with Crippen LogP contribution in [0.15, 0.2) is 21.7 Å². The minimum absolute atomic E-state index is 0.0759. The Hall–Kier alpha value is -1.78. The number of hydrogen-bond acceptors (Lipinski definition) is 3. The van der Waals surface area contributed by atoms with E-state index in [1.165, 1.54) is 11.5 Å². The Morgan fingerprint density at radius 2 is 2.00 bits per heavy atom. The van der Waals surface area contributed by atoms with Crippen LogP contribution in [0.2, 0.25) is 0 Å². The molecular formula is C10H12N2O3. The van der Waals surface area contributed by atoms with Gasteiger partial charge in [0.25, 0.3) is 5.56 Å². The first-order valence-corrected chi connectivity index (χ1v) is 4.80. The van der Waals surface area contributed by atoms with Gasteiger partial charge < -0.3 is 5.11 Å². The van der Waals surface area contributed by atoms with Crippen molar-refractivity contribution in [2.75, 3.05) is 0 Å². The summed E-state index contributed by atoms with van der Waals surface area (Å²) < 4.78 is 1.25. The highest BCUT2D eigenvalue weighted by molar-refractivity contribution is 5.22. The fourth-order valence-corrected chi connectivity index (χ4v) is 1.78. The zero-order chi connectivity index (χ0) is 11.0. The fraction of sp³-hybridized carbons (Fsp3) is 0.400. The number of nitrogens with one attached hydrogen (secondary N) is 1. The van der Waals surface area contributed by atoms with E-state index in [0.29, 0.717) is 12.8 Å². The smallest absolute Gasteiger partial charge is 0.331 e. The van der Waals surface area contributed by atoms with E-state index < -0.39 is 11.2 Å². The first-order chi connectivity index (χ1) is 7.11. The molecule has 1 aromatic rings. The van der Waals surface area contributed by atoms with E-state index in [-0.39, 0.29) is 17.5 Å². The lowest BCUT2D eigenvalue weighted by Crippen LogP contribution is -2.33. The van der Waals surface area contributed by atoms with Crippen LogP contribution in [0, 0.1) is 6.92 Å². The molecule has 1 aliphatic carbocycles. The molecule has 2 rings (SSSR count). The summed E-state index contributed by atoms with van der Waals surface area (Å²) in [6.45, 7) is 1.49. The van der Waals surface area contributed by atoms with Gasteiger partial charge in [-0.3, -0.25) is 14.3 Å². The molecule has 0 unspecified atom stereocenters.